The van der Waals surface area contributed by atoms with E-state index in [9.17, 15) is 4.79 Å². The predicted octanol–water partition coefficient (Wildman–Crippen LogP) is 2.04. The molecule has 0 aromatic rings. The van der Waals surface area contributed by atoms with Gasteiger partial charge >= 0.3 is 0 Å². The molecule has 3 heteroatoms. The summed E-state index contributed by atoms with van der Waals surface area (Å²) in [7, 11) is 0. The fourth-order valence-corrected chi connectivity index (χ4v) is 1.85. The maximum absolute atomic E-state index is 11.5. The van der Waals surface area contributed by atoms with Crippen LogP contribution in [0.5, 0.6) is 0 Å². The van der Waals surface area contributed by atoms with Gasteiger partial charge in [-0.2, -0.15) is 0 Å². The van der Waals surface area contributed by atoms with E-state index in [1.54, 1.807) is 11.8 Å². The molecule has 2 nitrogen and oxygen atoms in total. The van der Waals surface area contributed by atoms with Gasteiger partial charge in [-0.15, -0.1) is 11.8 Å². The van der Waals surface area contributed by atoms with E-state index in [0.717, 1.165) is 5.75 Å². The third kappa shape index (κ3) is 4.55. The van der Waals surface area contributed by atoms with Crippen LogP contribution in [0.15, 0.2) is 0 Å². The van der Waals surface area contributed by atoms with Crippen molar-refractivity contribution in [3.63, 3.8) is 0 Å². The molecule has 1 fully saturated rings. The van der Waals surface area contributed by atoms with Crippen molar-refractivity contribution in [3.05, 3.63) is 0 Å². The number of hydrogen-bond acceptors (Lipinski definition) is 2. The van der Waals surface area contributed by atoms with Gasteiger partial charge in [0.2, 0.25) is 5.91 Å². The lowest BCUT2D eigenvalue weighted by molar-refractivity contribution is -0.120. The van der Waals surface area contributed by atoms with Gasteiger partial charge in [0.15, 0.2) is 0 Å². The van der Waals surface area contributed by atoms with Gasteiger partial charge in [0.25, 0.3) is 0 Å². The molecule has 1 aliphatic rings. The molecule has 0 saturated heterocycles. The van der Waals surface area contributed by atoms with Crippen LogP contribution < -0.4 is 5.32 Å². The van der Waals surface area contributed by atoms with Gasteiger partial charge in [0, 0.05) is 6.04 Å². The number of carbonyl (C=O) groups excluding carboxylic acids is 1. The van der Waals surface area contributed by atoms with Crippen molar-refractivity contribution in [2.45, 2.75) is 44.9 Å². The Hall–Kier alpha value is -0.180. The van der Waals surface area contributed by atoms with Gasteiger partial charge in [-0.05, 0) is 31.4 Å². The van der Waals surface area contributed by atoms with Crippen LogP contribution in [0.3, 0.4) is 0 Å². The monoisotopic (exact) mass is 201 g/mol. The lowest BCUT2D eigenvalue weighted by atomic mass is 10.3. The lowest BCUT2D eigenvalue weighted by Crippen LogP contribution is -2.32. The summed E-state index contributed by atoms with van der Waals surface area (Å²) in [5.74, 6) is 1.95. The molecule has 1 rings (SSSR count). The van der Waals surface area contributed by atoms with Crippen molar-refractivity contribution in [3.8, 4) is 0 Å². The molecule has 0 aromatic heterocycles. The van der Waals surface area contributed by atoms with Crippen molar-refractivity contribution in [1.29, 1.82) is 0 Å². The molecule has 0 bridgehead atoms. The Kier molecular flexibility index (Phi) is 4.10. The molecule has 0 heterocycles. The zero-order chi connectivity index (χ0) is 9.84. The summed E-state index contributed by atoms with van der Waals surface area (Å²) in [4.78, 5) is 11.5. The van der Waals surface area contributed by atoms with Gasteiger partial charge in [-0.1, -0.05) is 13.8 Å². The molecule has 1 amide bonds. The first-order chi connectivity index (χ1) is 6.09. The van der Waals surface area contributed by atoms with E-state index in [4.69, 9.17) is 0 Å². The largest absolute Gasteiger partial charge is 0.352 e. The highest BCUT2D eigenvalue weighted by Gasteiger charge is 2.25. The average Bonchev–Trinajstić information content (AvgIpc) is 2.83. The van der Waals surface area contributed by atoms with Crippen LogP contribution in [0.1, 0.15) is 33.6 Å². The van der Waals surface area contributed by atoms with Crippen LogP contribution >= 0.6 is 11.8 Å². The second-order valence-corrected chi connectivity index (χ2v) is 5.53. The van der Waals surface area contributed by atoms with Crippen LogP contribution in [0.4, 0.5) is 0 Å². The van der Waals surface area contributed by atoms with Crippen LogP contribution in [-0.2, 0) is 4.79 Å². The first-order valence-electron chi connectivity index (χ1n) is 5.01. The van der Waals surface area contributed by atoms with Crippen LogP contribution in [0.2, 0.25) is 0 Å². The number of amides is 1. The van der Waals surface area contributed by atoms with Gasteiger partial charge < -0.3 is 5.32 Å². The van der Waals surface area contributed by atoms with Crippen molar-refractivity contribution in [1.82, 2.24) is 5.32 Å². The molecule has 13 heavy (non-hydrogen) atoms. The minimum absolute atomic E-state index is 0.114. The molecule has 0 unspecified atom stereocenters. The lowest BCUT2D eigenvalue weighted by Gasteiger charge is -2.12. The summed E-state index contributed by atoms with van der Waals surface area (Å²) in [6.07, 6.45) is 2.35. The van der Waals surface area contributed by atoms with Gasteiger partial charge in [-0.3, -0.25) is 4.79 Å². The van der Waals surface area contributed by atoms with E-state index in [2.05, 4.69) is 19.2 Å². The Morgan fingerprint density at radius 3 is 2.54 bits per heavy atom. The Labute approximate surface area is 84.9 Å². The molecule has 1 atom stereocenters. The van der Waals surface area contributed by atoms with E-state index in [1.807, 2.05) is 6.92 Å². The number of thioether (sulfide) groups is 1. The molecule has 0 aromatic carbocycles. The fraction of sp³-hybridized carbons (Fsp3) is 0.900. The summed E-state index contributed by atoms with van der Waals surface area (Å²) < 4.78 is 0. The van der Waals surface area contributed by atoms with E-state index < -0.39 is 0 Å². The SMILES string of the molecule is CC(C)CS[C@@H](C)C(=O)NC1CC1. The quantitative estimate of drug-likeness (QED) is 0.737. The van der Waals surface area contributed by atoms with Gasteiger partial charge in [0.05, 0.1) is 5.25 Å². The molecule has 0 spiro atoms. The second-order valence-electron chi connectivity index (χ2n) is 4.15. The Balaban J connectivity index is 2.12. The number of hydrogen-bond donors (Lipinski definition) is 1. The van der Waals surface area contributed by atoms with Crippen LogP contribution in [0, 0.1) is 5.92 Å². The molecule has 1 aliphatic carbocycles. The summed E-state index contributed by atoms with van der Waals surface area (Å²) in [5.41, 5.74) is 0. The van der Waals surface area contributed by atoms with Crippen LogP contribution in [0.25, 0.3) is 0 Å². The molecule has 0 aliphatic heterocycles. The molecule has 0 radical (unpaired) electrons. The van der Waals surface area contributed by atoms with E-state index in [-0.39, 0.29) is 11.2 Å². The minimum atomic E-state index is 0.114. The minimum Gasteiger partial charge on any atom is -0.352 e. The highest BCUT2D eigenvalue weighted by molar-refractivity contribution is 8.00. The van der Waals surface area contributed by atoms with Gasteiger partial charge in [-0.25, -0.2) is 0 Å². The summed E-state index contributed by atoms with van der Waals surface area (Å²) in [6, 6.07) is 0.495. The Morgan fingerprint density at radius 1 is 1.46 bits per heavy atom. The number of rotatable bonds is 5. The topological polar surface area (TPSA) is 29.1 Å². The second kappa shape index (κ2) is 4.89. The zero-order valence-electron chi connectivity index (χ0n) is 8.67. The summed E-state index contributed by atoms with van der Waals surface area (Å²) >= 11 is 1.75. The summed E-state index contributed by atoms with van der Waals surface area (Å²) in [5, 5.41) is 3.13. The van der Waals surface area contributed by atoms with Crippen molar-refractivity contribution in [2.24, 2.45) is 5.92 Å². The smallest absolute Gasteiger partial charge is 0.233 e. The van der Waals surface area contributed by atoms with Crippen molar-refractivity contribution in [2.75, 3.05) is 5.75 Å². The van der Waals surface area contributed by atoms with E-state index in [0.29, 0.717) is 12.0 Å². The maximum Gasteiger partial charge on any atom is 0.233 e. The fourth-order valence-electron chi connectivity index (χ4n) is 0.959. The third-order valence-corrected chi connectivity index (χ3v) is 3.55. The van der Waals surface area contributed by atoms with E-state index >= 15 is 0 Å². The zero-order valence-corrected chi connectivity index (χ0v) is 9.49. The standard InChI is InChI=1S/C10H19NOS/c1-7(2)6-13-8(3)10(12)11-9-4-5-9/h7-9H,4-6H2,1-3H3,(H,11,12)/t8-/m0/s1. The van der Waals surface area contributed by atoms with Crippen LogP contribution in [-0.4, -0.2) is 23.0 Å². The first-order valence-corrected chi connectivity index (χ1v) is 6.06. The Bertz CT molecular complexity index is 178. The highest BCUT2D eigenvalue weighted by Crippen LogP contribution is 2.21. The predicted molar refractivity (Wildman–Crippen MR) is 57.9 cm³/mol. The average molecular weight is 201 g/mol. The molecular weight excluding hydrogens is 182 g/mol. The molecule has 1 saturated carbocycles. The first kappa shape index (κ1) is 10.9. The van der Waals surface area contributed by atoms with E-state index in [1.165, 1.54) is 12.8 Å². The third-order valence-electron chi connectivity index (χ3n) is 1.97. The molecular formula is C10H19NOS. The highest BCUT2D eigenvalue weighted by atomic mass is 32.2. The molecule has 76 valence electrons. The number of carbonyl (C=O) groups is 1. The van der Waals surface area contributed by atoms with Crippen molar-refractivity contribution >= 4 is 17.7 Å². The molecule has 1 N–H and O–H groups in total. The normalized spacial score (nSPS) is 18.8. The van der Waals surface area contributed by atoms with Gasteiger partial charge in [0.1, 0.15) is 0 Å². The maximum atomic E-state index is 11.5. The summed E-state index contributed by atoms with van der Waals surface area (Å²) in [6.45, 7) is 6.35. The Morgan fingerprint density at radius 2 is 2.08 bits per heavy atom. The van der Waals surface area contributed by atoms with Crippen molar-refractivity contribution < 1.29 is 4.79 Å². The number of nitrogens with one attached hydrogen (secondary N) is 1.